The number of rotatable bonds is 4. The van der Waals surface area contributed by atoms with Gasteiger partial charge in [0.25, 0.3) is 0 Å². The third-order valence-corrected chi connectivity index (χ3v) is 5.25. The second-order valence-corrected chi connectivity index (χ2v) is 7.08. The van der Waals surface area contributed by atoms with Gasteiger partial charge in [-0.3, -0.25) is 0 Å². The Morgan fingerprint density at radius 2 is 1.82 bits per heavy atom. The van der Waals surface area contributed by atoms with Gasteiger partial charge in [0.15, 0.2) is 0 Å². The highest BCUT2D eigenvalue weighted by atomic mass is 35.5. The zero-order valence-electron chi connectivity index (χ0n) is 8.76. The number of benzene rings is 1. The summed E-state index contributed by atoms with van der Waals surface area (Å²) >= 11 is 6.75. The summed E-state index contributed by atoms with van der Waals surface area (Å²) in [4.78, 5) is 0. The van der Waals surface area contributed by atoms with Crippen molar-refractivity contribution in [1.82, 2.24) is 4.72 Å². The van der Waals surface area contributed by atoms with Crippen LogP contribution in [0.15, 0.2) is 46.7 Å². The molecule has 0 bridgehead atoms. The summed E-state index contributed by atoms with van der Waals surface area (Å²) in [5, 5.41) is 0. The first-order chi connectivity index (χ1) is 8.08. The van der Waals surface area contributed by atoms with Gasteiger partial charge < -0.3 is 0 Å². The maximum absolute atomic E-state index is 11.9. The maximum atomic E-state index is 11.9. The molecule has 17 heavy (non-hydrogen) atoms. The van der Waals surface area contributed by atoms with E-state index in [1.807, 2.05) is 30.3 Å². The van der Waals surface area contributed by atoms with Crippen molar-refractivity contribution in [3.8, 4) is 0 Å². The van der Waals surface area contributed by atoms with Crippen molar-refractivity contribution < 1.29 is 8.42 Å². The number of halogens is 1. The lowest BCUT2D eigenvalue weighted by Crippen LogP contribution is -2.22. The van der Waals surface area contributed by atoms with Crippen molar-refractivity contribution in [2.75, 3.05) is 0 Å². The van der Waals surface area contributed by atoms with Crippen LogP contribution in [-0.4, -0.2) is 8.42 Å². The normalized spacial score (nSPS) is 11.6. The van der Waals surface area contributed by atoms with E-state index in [2.05, 4.69) is 4.72 Å². The average Bonchev–Trinajstić information content (AvgIpc) is 2.76. The standard InChI is InChI=1S/C11H10ClNO2S2/c12-10-6-7-11(16-10)17(14,15)13-8-9-4-2-1-3-5-9/h1-7,13H,8H2. The molecule has 3 nitrogen and oxygen atoms in total. The molecule has 0 saturated heterocycles. The van der Waals surface area contributed by atoms with Crippen molar-refractivity contribution in [3.63, 3.8) is 0 Å². The van der Waals surface area contributed by atoms with Gasteiger partial charge >= 0.3 is 0 Å². The van der Waals surface area contributed by atoms with Crippen molar-refractivity contribution in [2.45, 2.75) is 10.8 Å². The SMILES string of the molecule is O=S(=O)(NCc1ccccc1)c1ccc(Cl)s1. The van der Waals surface area contributed by atoms with Crippen molar-refractivity contribution in [1.29, 1.82) is 0 Å². The Kier molecular flexibility index (Phi) is 3.83. The smallest absolute Gasteiger partial charge is 0.206 e. The molecule has 0 amide bonds. The van der Waals surface area contributed by atoms with E-state index < -0.39 is 10.0 Å². The minimum Gasteiger partial charge on any atom is -0.206 e. The Balaban J connectivity index is 2.09. The molecule has 6 heteroatoms. The Bertz CT molecular complexity index is 593. The van der Waals surface area contributed by atoms with Crippen LogP contribution in [0.5, 0.6) is 0 Å². The van der Waals surface area contributed by atoms with Crippen molar-refractivity contribution in [3.05, 3.63) is 52.4 Å². The first kappa shape index (κ1) is 12.6. The number of hydrogen-bond acceptors (Lipinski definition) is 3. The van der Waals surface area contributed by atoms with Crippen LogP contribution < -0.4 is 4.72 Å². The molecule has 1 N–H and O–H groups in total. The molecule has 2 rings (SSSR count). The van der Waals surface area contributed by atoms with Crippen LogP contribution in [0.3, 0.4) is 0 Å². The summed E-state index contributed by atoms with van der Waals surface area (Å²) in [5.41, 5.74) is 0.915. The van der Waals surface area contributed by atoms with Gasteiger partial charge in [-0.1, -0.05) is 41.9 Å². The van der Waals surface area contributed by atoms with Gasteiger partial charge in [-0.25, -0.2) is 13.1 Å². The zero-order chi connectivity index (χ0) is 12.3. The lowest BCUT2D eigenvalue weighted by Gasteiger charge is -2.04. The van der Waals surface area contributed by atoms with E-state index in [4.69, 9.17) is 11.6 Å². The number of nitrogens with one attached hydrogen (secondary N) is 1. The van der Waals surface area contributed by atoms with Gasteiger partial charge in [-0.15, -0.1) is 11.3 Å². The van der Waals surface area contributed by atoms with Gasteiger partial charge in [0.05, 0.1) is 4.34 Å². The molecule has 0 spiro atoms. The monoisotopic (exact) mass is 287 g/mol. The van der Waals surface area contributed by atoms with Crippen LogP contribution in [-0.2, 0) is 16.6 Å². The van der Waals surface area contributed by atoms with Crippen LogP contribution in [0, 0.1) is 0 Å². The van der Waals surface area contributed by atoms with Gasteiger partial charge in [0.1, 0.15) is 4.21 Å². The largest absolute Gasteiger partial charge is 0.250 e. The molecular formula is C11H10ClNO2S2. The van der Waals surface area contributed by atoms with Crippen LogP contribution >= 0.6 is 22.9 Å². The minimum atomic E-state index is -3.45. The van der Waals surface area contributed by atoms with Crippen LogP contribution in [0.2, 0.25) is 4.34 Å². The summed E-state index contributed by atoms with van der Waals surface area (Å²) in [5.74, 6) is 0. The third-order valence-electron chi connectivity index (χ3n) is 2.12. The fourth-order valence-corrected chi connectivity index (χ4v) is 3.83. The molecule has 90 valence electrons. The summed E-state index contributed by atoms with van der Waals surface area (Å²) in [6, 6.07) is 12.4. The highest BCUT2D eigenvalue weighted by molar-refractivity contribution is 7.91. The highest BCUT2D eigenvalue weighted by Crippen LogP contribution is 2.25. The summed E-state index contributed by atoms with van der Waals surface area (Å²) in [7, 11) is -3.45. The van der Waals surface area contributed by atoms with Crippen molar-refractivity contribution in [2.24, 2.45) is 0 Å². The molecule has 1 aromatic carbocycles. The minimum absolute atomic E-state index is 0.235. The molecule has 0 radical (unpaired) electrons. The molecule has 0 unspecified atom stereocenters. The molecule has 0 atom stereocenters. The van der Waals surface area contributed by atoms with E-state index in [9.17, 15) is 8.42 Å². The van der Waals surface area contributed by atoms with E-state index in [0.29, 0.717) is 4.34 Å². The van der Waals surface area contributed by atoms with E-state index >= 15 is 0 Å². The molecular weight excluding hydrogens is 278 g/mol. The molecule has 1 heterocycles. The van der Waals surface area contributed by atoms with Gasteiger partial charge in [-0.2, -0.15) is 0 Å². The molecule has 0 aliphatic rings. The second kappa shape index (κ2) is 5.18. The number of thiophene rings is 1. The average molecular weight is 288 g/mol. The Morgan fingerprint density at radius 1 is 1.12 bits per heavy atom. The Morgan fingerprint density at radius 3 is 2.41 bits per heavy atom. The predicted octanol–water partition coefficient (Wildman–Crippen LogP) is 2.88. The molecule has 0 fully saturated rings. The third kappa shape index (κ3) is 3.29. The molecule has 0 aliphatic heterocycles. The first-order valence-corrected chi connectivity index (χ1v) is 7.54. The first-order valence-electron chi connectivity index (χ1n) is 4.87. The quantitative estimate of drug-likeness (QED) is 0.940. The van der Waals surface area contributed by atoms with E-state index in [1.165, 1.54) is 6.07 Å². The topological polar surface area (TPSA) is 46.2 Å². The Labute approximate surface area is 109 Å². The lowest BCUT2D eigenvalue weighted by molar-refractivity contribution is 0.583. The van der Waals surface area contributed by atoms with Gasteiger partial charge in [0.2, 0.25) is 10.0 Å². The van der Waals surface area contributed by atoms with E-state index in [0.717, 1.165) is 16.9 Å². The molecule has 0 saturated carbocycles. The number of hydrogen-bond donors (Lipinski definition) is 1. The Hall–Kier alpha value is -0.880. The van der Waals surface area contributed by atoms with Crippen LogP contribution in [0.25, 0.3) is 0 Å². The number of sulfonamides is 1. The molecule has 0 aliphatic carbocycles. The molecule has 1 aromatic heterocycles. The second-order valence-electron chi connectivity index (χ2n) is 3.37. The summed E-state index contributed by atoms with van der Waals surface area (Å²) in [6.45, 7) is 0.276. The zero-order valence-corrected chi connectivity index (χ0v) is 11.1. The molecule has 2 aromatic rings. The highest BCUT2D eigenvalue weighted by Gasteiger charge is 2.15. The fraction of sp³-hybridized carbons (Fsp3) is 0.0909. The van der Waals surface area contributed by atoms with Crippen LogP contribution in [0.4, 0.5) is 0 Å². The van der Waals surface area contributed by atoms with Gasteiger partial charge in [-0.05, 0) is 17.7 Å². The maximum Gasteiger partial charge on any atom is 0.250 e. The van der Waals surface area contributed by atoms with Crippen LogP contribution in [0.1, 0.15) is 5.56 Å². The van der Waals surface area contributed by atoms with Gasteiger partial charge in [0, 0.05) is 6.54 Å². The fourth-order valence-electron chi connectivity index (χ4n) is 1.29. The predicted molar refractivity (Wildman–Crippen MR) is 69.8 cm³/mol. The lowest BCUT2D eigenvalue weighted by atomic mass is 10.2. The van der Waals surface area contributed by atoms with E-state index in [1.54, 1.807) is 6.07 Å². The summed E-state index contributed by atoms with van der Waals surface area (Å²) in [6.07, 6.45) is 0. The van der Waals surface area contributed by atoms with E-state index in [-0.39, 0.29) is 10.8 Å². The van der Waals surface area contributed by atoms with Crippen molar-refractivity contribution >= 4 is 33.0 Å². The summed E-state index contributed by atoms with van der Waals surface area (Å²) < 4.78 is 26.9.